The molecule has 0 spiro atoms. The van der Waals surface area contributed by atoms with Gasteiger partial charge in [-0.25, -0.2) is 0 Å². The van der Waals surface area contributed by atoms with Crippen molar-refractivity contribution in [3.63, 3.8) is 0 Å². The second kappa shape index (κ2) is 2.93. The lowest BCUT2D eigenvalue weighted by atomic mass is 10.2. The van der Waals surface area contributed by atoms with Gasteiger partial charge in [0.2, 0.25) is 0 Å². The van der Waals surface area contributed by atoms with E-state index in [1.807, 2.05) is 0 Å². The van der Waals surface area contributed by atoms with Crippen LogP contribution in [0.5, 0.6) is 0 Å². The molecule has 0 amide bonds. The predicted octanol–water partition coefficient (Wildman–Crippen LogP) is 0.267. The van der Waals surface area contributed by atoms with Crippen molar-refractivity contribution in [3.8, 4) is 0 Å². The summed E-state index contributed by atoms with van der Waals surface area (Å²) in [4.78, 5) is 0. The molecule has 0 atom stereocenters. The fraction of sp³-hybridized carbons (Fsp3) is 0. The van der Waals surface area contributed by atoms with Gasteiger partial charge in [-0.2, -0.15) is 0 Å². The Bertz CT molecular complexity index is 44.0. The van der Waals surface area contributed by atoms with Gasteiger partial charge >= 0.3 is 0 Å². The average molecular weight is 67.9 g/mol. The van der Waals surface area contributed by atoms with Crippen LogP contribution in [0.4, 0.5) is 0 Å². The maximum absolute atomic E-state index is 4.69. The lowest BCUT2D eigenvalue weighted by Crippen LogP contribution is -1.40. The van der Waals surface area contributed by atoms with E-state index in [4.69, 9.17) is 0 Å². The molecule has 0 aliphatic carbocycles. The monoisotopic (exact) mass is 68.0 g/mol. The third-order valence-electron chi connectivity index (χ3n) is 0.0680. The van der Waals surface area contributed by atoms with Crippen LogP contribution in [-0.4, -0.2) is 12.9 Å². The van der Waals surface area contributed by atoms with Crippen LogP contribution in [0.3, 0.4) is 0 Å². The molecular weight excluding hydrogens is 66.9 g/mol. The van der Waals surface area contributed by atoms with Gasteiger partial charge < -0.3 is 0 Å². The van der Waals surface area contributed by atoms with E-state index < -0.39 is 0 Å². The van der Waals surface area contributed by atoms with Crippen LogP contribution in [-0.2, 0) is 0 Å². The zero-order valence-corrected chi connectivity index (χ0v) is 2.88. The molecular formula is C2HBS. The first-order chi connectivity index (χ1) is 1.91. The first-order valence-electron chi connectivity index (χ1n) is 0.826. The van der Waals surface area contributed by atoms with E-state index in [2.05, 4.69) is 25.1 Å². The largest absolute Gasteiger partial charge is 0.115 e. The van der Waals surface area contributed by atoms with E-state index in [0.717, 1.165) is 0 Å². The van der Waals surface area contributed by atoms with Crippen LogP contribution in [0.25, 0.3) is 0 Å². The molecule has 0 bridgehead atoms. The fourth-order valence-electron chi connectivity index (χ4n) is 0. The lowest BCUT2D eigenvalue weighted by molar-refractivity contribution is 2.91. The Morgan fingerprint density at radius 3 is 2.25 bits per heavy atom. The zero-order valence-electron chi connectivity index (χ0n) is 2.06. The maximum atomic E-state index is 4.69. The Morgan fingerprint density at radius 2 is 2.25 bits per heavy atom. The molecule has 0 aromatic carbocycles. The van der Waals surface area contributed by atoms with Crippen LogP contribution in [0.2, 0.25) is 0 Å². The van der Waals surface area contributed by atoms with Gasteiger partial charge in [-0.05, 0) is 12.2 Å². The predicted molar refractivity (Wildman–Crippen MR) is 22.9 cm³/mol. The third-order valence-corrected chi connectivity index (χ3v) is 0.204. The van der Waals surface area contributed by atoms with Crippen LogP contribution in [0.1, 0.15) is 0 Å². The van der Waals surface area contributed by atoms with Crippen molar-refractivity contribution >= 4 is 25.1 Å². The van der Waals surface area contributed by atoms with Gasteiger partial charge in [0.25, 0.3) is 0 Å². The van der Waals surface area contributed by atoms with Gasteiger partial charge in [-0.15, -0.1) is 0 Å². The summed E-state index contributed by atoms with van der Waals surface area (Å²) in [7, 11) is 4.69. The highest BCUT2D eigenvalue weighted by molar-refractivity contribution is 7.78. The second-order valence-electron chi connectivity index (χ2n) is 0.285. The standard InChI is InChI=1S/C2HBS/c3-1-2-4/h1H. The van der Waals surface area contributed by atoms with Crippen LogP contribution in [0.15, 0.2) is 5.98 Å². The highest BCUT2D eigenvalue weighted by Crippen LogP contribution is 1.32. The van der Waals surface area contributed by atoms with Gasteiger partial charge in [0.15, 0.2) is 0 Å². The van der Waals surface area contributed by atoms with Gasteiger partial charge in [0, 0.05) is 0 Å². The topological polar surface area (TPSA) is 0 Å². The van der Waals surface area contributed by atoms with Gasteiger partial charge in [0.1, 0.15) is 7.85 Å². The van der Waals surface area contributed by atoms with Crippen molar-refractivity contribution in [1.29, 1.82) is 0 Å². The molecule has 0 aliphatic rings. The molecule has 0 fully saturated rings. The Hall–Kier alpha value is -0.0651. The summed E-state index contributed by atoms with van der Waals surface area (Å²) in [6.45, 7) is 0. The summed E-state index contributed by atoms with van der Waals surface area (Å²) < 4.78 is 0. The molecule has 0 aliphatic heterocycles. The molecule has 2 heteroatoms. The Kier molecular flexibility index (Phi) is 2.89. The minimum absolute atomic E-state index is 1.19. The van der Waals surface area contributed by atoms with Crippen LogP contribution >= 0.6 is 12.2 Å². The van der Waals surface area contributed by atoms with Crippen LogP contribution < -0.4 is 0 Å². The fourth-order valence-corrected chi connectivity index (χ4v) is 0. The summed E-state index contributed by atoms with van der Waals surface area (Å²) in [5.41, 5.74) is 0. The maximum Gasteiger partial charge on any atom is 0.115 e. The molecule has 0 unspecified atom stereocenters. The minimum Gasteiger partial charge on any atom is -0.0797 e. The molecule has 2 radical (unpaired) electrons. The van der Waals surface area contributed by atoms with E-state index in [-0.39, 0.29) is 0 Å². The lowest BCUT2D eigenvalue weighted by Gasteiger charge is -1.33. The third kappa shape index (κ3) is 1.93. The molecule has 0 nitrogen and oxygen atoms in total. The average Bonchev–Trinajstić information content (AvgIpc) is 1.37. The summed E-state index contributed by atoms with van der Waals surface area (Å²) >= 11 is 4.12. The normalized spacial score (nSPS) is 4.00. The number of rotatable bonds is 0. The van der Waals surface area contributed by atoms with E-state index in [9.17, 15) is 0 Å². The van der Waals surface area contributed by atoms with E-state index in [1.54, 1.807) is 0 Å². The Balaban J connectivity index is 3.11. The Morgan fingerprint density at radius 1 is 2.00 bits per heavy atom. The van der Waals surface area contributed by atoms with Crippen molar-refractivity contribution in [3.05, 3.63) is 5.98 Å². The van der Waals surface area contributed by atoms with Crippen molar-refractivity contribution in [2.75, 3.05) is 0 Å². The summed E-state index contributed by atoms with van der Waals surface area (Å²) in [5, 5.41) is 2.17. The molecule has 0 rings (SSSR count). The smallest absolute Gasteiger partial charge is 0.0797 e. The molecule has 0 aromatic rings. The number of hydrogen-bond acceptors (Lipinski definition) is 1. The molecule has 0 N–H and O–H groups in total. The van der Waals surface area contributed by atoms with Crippen molar-refractivity contribution < 1.29 is 0 Å². The van der Waals surface area contributed by atoms with Crippen molar-refractivity contribution in [1.82, 2.24) is 0 Å². The molecule has 0 heterocycles. The SMILES string of the molecule is [B]C=C=S. The molecule has 0 saturated heterocycles. The number of hydrogen-bond donors (Lipinski definition) is 0. The first-order valence-corrected chi connectivity index (χ1v) is 1.23. The Labute approximate surface area is 31.9 Å². The van der Waals surface area contributed by atoms with Crippen molar-refractivity contribution in [2.45, 2.75) is 0 Å². The van der Waals surface area contributed by atoms with E-state index in [0.29, 0.717) is 0 Å². The van der Waals surface area contributed by atoms with Crippen molar-refractivity contribution in [2.24, 2.45) is 0 Å². The summed E-state index contributed by atoms with van der Waals surface area (Å²) in [6, 6.07) is 0. The molecule has 4 heavy (non-hydrogen) atoms. The summed E-state index contributed by atoms with van der Waals surface area (Å²) in [6.07, 6.45) is 0. The van der Waals surface area contributed by atoms with E-state index >= 15 is 0 Å². The molecule has 18 valence electrons. The molecule has 0 saturated carbocycles. The summed E-state index contributed by atoms with van der Waals surface area (Å²) in [5.74, 6) is 1.19. The second-order valence-corrected chi connectivity index (χ2v) is 0.520. The highest BCUT2D eigenvalue weighted by atomic mass is 32.1. The minimum atomic E-state index is 1.19. The first kappa shape index (κ1) is 3.93. The van der Waals surface area contributed by atoms with Crippen LogP contribution in [0, 0.1) is 0 Å². The molecule has 0 aromatic heterocycles. The quantitative estimate of drug-likeness (QED) is 0.290. The van der Waals surface area contributed by atoms with Gasteiger partial charge in [-0.1, -0.05) is 11.0 Å². The van der Waals surface area contributed by atoms with Gasteiger partial charge in [0.05, 0.1) is 0 Å². The highest BCUT2D eigenvalue weighted by Gasteiger charge is 1.29. The van der Waals surface area contributed by atoms with E-state index in [1.165, 1.54) is 5.98 Å². The zero-order chi connectivity index (χ0) is 3.41. The van der Waals surface area contributed by atoms with Gasteiger partial charge in [-0.3, -0.25) is 0 Å². The number of thiocarbonyl (C=S) groups is 1.